The molecule has 0 radical (unpaired) electrons. The van der Waals surface area contributed by atoms with Crippen LogP contribution in [0.4, 0.5) is 14.9 Å². The highest BCUT2D eigenvalue weighted by Crippen LogP contribution is 2.28. The molecule has 0 aliphatic carbocycles. The Morgan fingerprint density at radius 1 is 1.24 bits per heavy atom. The average Bonchev–Trinajstić information content (AvgIpc) is 2.77. The lowest BCUT2D eigenvalue weighted by molar-refractivity contribution is 0.0937. The van der Waals surface area contributed by atoms with E-state index in [0.717, 1.165) is 18.4 Å². The topological polar surface area (TPSA) is 102 Å². The summed E-state index contributed by atoms with van der Waals surface area (Å²) in [6.07, 6.45) is 1.21. The summed E-state index contributed by atoms with van der Waals surface area (Å²) in [5.41, 5.74) is 8.23. The van der Waals surface area contributed by atoms with E-state index in [0.29, 0.717) is 29.7 Å². The van der Waals surface area contributed by atoms with Gasteiger partial charge in [0.15, 0.2) is 0 Å². The molecule has 2 aromatic rings. The van der Waals surface area contributed by atoms with Crippen LogP contribution in [0.3, 0.4) is 0 Å². The third kappa shape index (κ3) is 7.78. The number of hydrogen-bond acceptors (Lipinski definition) is 5. The first-order chi connectivity index (χ1) is 15.4. The molecule has 6 nitrogen and oxygen atoms in total. The number of carbonyl (C=O) groups is 1. The minimum absolute atomic E-state index is 0. The van der Waals surface area contributed by atoms with Gasteiger partial charge in [0.05, 0.1) is 11.8 Å². The van der Waals surface area contributed by atoms with Crippen molar-refractivity contribution < 1.29 is 23.2 Å². The van der Waals surface area contributed by atoms with Crippen LogP contribution in [-0.2, 0) is 35.0 Å². The minimum Gasteiger partial charge on any atom is -0.444 e. The van der Waals surface area contributed by atoms with E-state index in [1.54, 1.807) is 0 Å². The molecule has 0 aromatic heterocycles. The van der Waals surface area contributed by atoms with Crippen molar-refractivity contribution in [3.63, 3.8) is 0 Å². The monoisotopic (exact) mass is 498 g/mol. The highest BCUT2D eigenvalue weighted by Gasteiger charge is 2.33. The largest absolute Gasteiger partial charge is 0.444 e. The average molecular weight is 499 g/mol. The quantitative estimate of drug-likeness (QED) is 0.511. The van der Waals surface area contributed by atoms with Crippen LogP contribution in [0.2, 0.25) is 0 Å². The third-order valence-corrected chi connectivity index (χ3v) is 7.23. The van der Waals surface area contributed by atoms with Gasteiger partial charge in [0.2, 0.25) is 0 Å². The number of aliphatic hydroxyl groups excluding tert-OH is 1. The van der Waals surface area contributed by atoms with Crippen LogP contribution >= 0.6 is 12.4 Å². The van der Waals surface area contributed by atoms with E-state index in [-0.39, 0.29) is 36.4 Å². The number of halogens is 2. The van der Waals surface area contributed by atoms with Crippen molar-refractivity contribution in [1.29, 1.82) is 0 Å². The van der Waals surface area contributed by atoms with E-state index in [2.05, 4.69) is 5.32 Å². The number of unbranched alkanes of at least 4 members (excludes halogenated alkanes) is 1. The molecule has 0 bridgehead atoms. The molecule has 1 heterocycles. The van der Waals surface area contributed by atoms with Crippen molar-refractivity contribution >= 4 is 35.0 Å². The third-order valence-electron chi connectivity index (χ3n) is 5.67. The van der Waals surface area contributed by atoms with Gasteiger partial charge in [0, 0.05) is 34.3 Å². The number of aliphatic hydroxyl groups is 1. The van der Waals surface area contributed by atoms with E-state index < -0.39 is 34.9 Å². The highest BCUT2D eigenvalue weighted by molar-refractivity contribution is 7.85. The summed E-state index contributed by atoms with van der Waals surface area (Å²) in [5.74, 6) is -0.234. The van der Waals surface area contributed by atoms with Crippen LogP contribution < -0.4 is 11.1 Å². The molecule has 1 aliphatic rings. The normalized spacial score (nSPS) is 22.3. The highest BCUT2D eigenvalue weighted by atomic mass is 35.5. The van der Waals surface area contributed by atoms with Crippen molar-refractivity contribution in [3.8, 4) is 0 Å². The van der Waals surface area contributed by atoms with Crippen LogP contribution in [0.15, 0.2) is 42.5 Å². The number of anilines is 1. The Balaban J connectivity index is 0.00000385. The lowest BCUT2D eigenvalue weighted by Crippen LogP contribution is -2.50. The van der Waals surface area contributed by atoms with E-state index in [9.17, 15) is 14.1 Å². The molecule has 1 saturated heterocycles. The summed E-state index contributed by atoms with van der Waals surface area (Å²) in [6, 6.07) is 11.9. The van der Waals surface area contributed by atoms with Crippen molar-refractivity contribution in [3.05, 3.63) is 65.0 Å². The van der Waals surface area contributed by atoms with E-state index in [1.165, 1.54) is 6.07 Å². The summed E-state index contributed by atoms with van der Waals surface area (Å²) in [5, 5.41) is 13.0. The molecular formula is C24H32ClFN2O4S. The van der Waals surface area contributed by atoms with Gasteiger partial charge in [-0.15, -0.1) is 12.4 Å². The molecule has 182 valence electrons. The first kappa shape index (κ1) is 27.2. The van der Waals surface area contributed by atoms with Crippen LogP contribution in [0.5, 0.6) is 0 Å². The molecule has 0 saturated carbocycles. The summed E-state index contributed by atoms with van der Waals surface area (Å²) in [7, 11) is -1.09. The van der Waals surface area contributed by atoms with E-state index in [1.807, 2.05) is 43.3 Å². The smallest absolute Gasteiger partial charge is 0.412 e. The minimum atomic E-state index is -1.09. The maximum atomic E-state index is 15.0. The maximum absolute atomic E-state index is 15.0. The number of nitrogens with one attached hydrogen (secondary N) is 1. The zero-order valence-electron chi connectivity index (χ0n) is 18.7. The molecule has 1 fully saturated rings. The first-order valence-corrected chi connectivity index (χ1v) is 12.4. The van der Waals surface area contributed by atoms with Crippen molar-refractivity contribution in [2.24, 2.45) is 11.7 Å². The van der Waals surface area contributed by atoms with Crippen LogP contribution in [-0.4, -0.2) is 39.1 Å². The summed E-state index contributed by atoms with van der Waals surface area (Å²) in [4.78, 5) is 12.3. The fraction of sp³-hybridized carbons (Fsp3) is 0.458. The molecule has 33 heavy (non-hydrogen) atoms. The van der Waals surface area contributed by atoms with E-state index >= 15 is 4.39 Å². The lowest BCUT2D eigenvalue weighted by Gasteiger charge is -2.32. The Morgan fingerprint density at radius 3 is 2.67 bits per heavy atom. The fourth-order valence-corrected chi connectivity index (χ4v) is 5.52. The van der Waals surface area contributed by atoms with Crippen molar-refractivity contribution in [2.45, 2.75) is 51.4 Å². The number of ether oxygens (including phenoxy) is 1. The van der Waals surface area contributed by atoms with Crippen LogP contribution in [0, 0.1) is 11.7 Å². The molecule has 4 N–H and O–H groups in total. The maximum Gasteiger partial charge on any atom is 0.412 e. The fourth-order valence-electron chi connectivity index (χ4n) is 3.96. The predicted molar refractivity (Wildman–Crippen MR) is 132 cm³/mol. The standard InChI is InChI=1S/C24H31FN2O4S.ClH/c1-2-3-9-18-10-17(11-19-14-32(30)15-21(26)23(19)28)12-20(25)22(18)27-24(29)31-13-16-7-5-4-6-8-16;/h4-8,10,12,19,21,23,28H,2-3,9,11,13-15,26H2,1H3,(H,27,29);1H/t19-,21+,23+,32?;/m1./s1. The summed E-state index contributed by atoms with van der Waals surface area (Å²) >= 11 is 0. The van der Waals surface area contributed by atoms with Gasteiger partial charge in [-0.2, -0.15) is 0 Å². The number of aryl methyl sites for hydroxylation is 1. The zero-order valence-corrected chi connectivity index (χ0v) is 20.3. The number of carbonyl (C=O) groups excluding carboxylic acids is 1. The lowest BCUT2D eigenvalue weighted by atomic mass is 9.90. The molecule has 2 aromatic carbocycles. The molecular weight excluding hydrogens is 467 g/mol. The Labute approximate surface area is 203 Å². The van der Waals surface area contributed by atoms with Gasteiger partial charge in [-0.1, -0.05) is 49.7 Å². The summed E-state index contributed by atoms with van der Waals surface area (Å²) in [6.45, 7) is 2.13. The predicted octanol–water partition coefficient (Wildman–Crippen LogP) is 3.95. The Kier molecular flexibility index (Phi) is 10.8. The molecule has 4 atom stereocenters. The Bertz CT molecular complexity index is 948. The number of benzene rings is 2. The summed E-state index contributed by atoms with van der Waals surface area (Å²) < 4.78 is 32.3. The van der Waals surface area contributed by atoms with Gasteiger partial charge < -0.3 is 15.6 Å². The van der Waals surface area contributed by atoms with E-state index in [4.69, 9.17) is 10.5 Å². The molecule has 1 amide bonds. The van der Waals surface area contributed by atoms with Crippen molar-refractivity contribution in [2.75, 3.05) is 16.8 Å². The second-order valence-corrected chi connectivity index (χ2v) is 9.84. The molecule has 3 rings (SSSR count). The number of hydrogen-bond donors (Lipinski definition) is 3. The molecule has 9 heteroatoms. The first-order valence-electron chi connectivity index (χ1n) is 10.9. The SMILES string of the molecule is CCCCc1cc(C[C@@H]2CS(=O)C[C@H](N)[C@H]2O)cc(F)c1NC(=O)OCc1ccccc1.Cl. The number of nitrogens with two attached hydrogens (primary N) is 1. The zero-order chi connectivity index (χ0) is 23.1. The van der Waals surface area contributed by atoms with Crippen LogP contribution in [0.25, 0.3) is 0 Å². The Hall–Kier alpha value is -2.00. The number of rotatable bonds is 8. The molecule has 1 unspecified atom stereocenters. The van der Waals surface area contributed by atoms with Gasteiger partial charge in [-0.05, 0) is 42.0 Å². The van der Waals surface area contributed by atoms with Gasteiger partial charge >= 0.3 is 6.09 Å². The van der Waals surface area contributed by atoms with Gasteiger partial charge in [-0.25, -0.2) is 9.18 Å². The second kappa shape index (κ2) is 13.0. The number of amides is 1. The second-order valence-electron chi connectivity index (χ2n) is 8.29. The van der Waals surface area contributed by atoms with Gasteiger partial charge in [0.1, 0.15) is 12.4 Å². The molecule has 0 spiro atoms. The Morgan fingerprint density at radius 2 is 1.97 bits per heavy atom. The van der Waals surface area contributed by atoms with Gasteiger partial charge in [-0.3, -0.25) is 9.53 Å². The van der Waals surface area contributed by atoms with Crippen LogP contribution in [0.1, 0.15) is 36.5 Å². The molecule has 1 aliphatic heterocycles. The van der Waals surface area contributed by atoms with Crippen molar-refractivity contribution in [1.82, 2.24) is 0 Å². The van der Waals surface area contributed by atoms with Gasteiger partial charge in [0.25, 0.3) is 0 Å².